The van der Waals surface area contributed by atoms with Gasteiger partial charge >= 0.3 is 6.03 Å². The van der Waals surface area contributed by atoms with Crippen LogP contribution in [-0.4, -0.2) is 53.5 Å². The molecular formula is C20H29N3O2. The standard InChI is InChI=1S/C20H29N3O2/c1-15(11-12-16-8-5-4-6-9-16)23-13-7-10-17(14-23)20(2)18(24)22(3)19(25)21-20/h4-6,8-9,15,17H,7,10-14H2,1-3H3,(H,21,25)/t15-,17-,20+/m1/s1. The Morgan fingerprint density at radius 2 is 2.00 bits per heavy atom. The highest BCUT2D eigenvalue weighted by atomic mass is 16.2. The van der Waals surface area contributed by atoms with Crippen molar-refractivity contribution in [2.24, 2.45) is 5.92 Å². The van der Waals surface area contributed by atoms with E-state index in [4.69, 9.17) is 0 Å². The Labute approximate surface area is 150 Å². The number of likely N-dealkylation sites (tertiary alicyclic amines) is 1. The van der Waals surface area contributed by atoms with Crippen LogP contribution in [-0.2, 0) is 11.2 Å². The number of benzene rings is 1. The van der Waals surface area contributed by atoms with Crippen LogP contribution in [0.5, 0.6) is 0 Å². The molecule has 1 aromatic carbocycles. The summed E-state index contributed by atoms with van der Waals surface area (Å²) in [6, 6.07) is 10.8. The molecule has 0 aromatic heterocycles. The first-order chi connectivity index (χ1) is 11.9. The molecule has 2 heterocycles. The van der Waals surface area contributed by atoms with Crippen LogP contribution < -0.4 is 5.32 Å². The van der Waals surface area contributed by atoms with Crippen molar-refractivity contribution in [1.82, 2.24) is 15.1 Å². The third-order valence-corrected chi connectivity index (χ3v) is 6.01. The van der Waals surface area contributed by atoms with E-state index in [9.17, 15) is 9.59 Å². The predicted octanol–water partition coefficient (Wildman–Crippen LogP) is 2.66. The number of amides is 3. The summed E-state index contributed by atoms with van der Waals surface area (Å²) in [4.78, 5) is 28.2. The fourth-order valence-corrected chi connectivity index (χ4v) is 4.16. The average Bonchev–Trinajstić information content (AvgIpc) is 2.84. The molecule has 0 aliphatic carbocycles. The Kier molecular flexibility index (Phi) is 5.13. The van der Waals surface area contributed by atoms with E-state index in [1.54, 1.807) is 7.05 Å². The van der Waals surface area contributed by atoms with Crippen LogP contribution in [0.25, 0.3) is 0 Å². The normalized spacial score (nSPS) is 28.9. The van der Waals surface area contributed by atoms with Crippen molar-refractivity contribution in [3.63, 3.8) is 0 Å². The zero-order chi connectivity index (χ0) is 18.0. The summed E-state index contributed by atoms with van der Waals surface area (Å²) in [5.41, 5.74) is 0.610. The van der Waals surface area contributed by atoms with Gasteiger partial charge in [-0.25, -0.2) is 4.79 Å². The third kappa shape index (κ3) is 3.56. The molecule has 3 rings (SSSR count). The topological polar surface area (TPSA) is 52.7 Å². The molecule has 5 heteroatoms. The number of piperidine rings is 1. The summed E-state index contributed by atoms with van der Waals surface area (Å²) in [6.07, 6.45) is 4.23. The first-order valence-electron chi connectivity index (χ1n) is 9.30. The Morgan fingerprint density at radius 1 is 1.28 bits per heavy atom. The number of carbonyl (C=O) groups excluding carboxylic acids is 2. The highest BCUT2D eigenvalue weighted by molar-refractivity contribution is 6.06. The predicted molar refractivity (Wildman–Crippen MR) is 98.2 cm³/mol. The number of rotatable bonds is 5. The largest absolute Gasteiger partial charge is 0.324 e. The van der Waals surface area contributed by atoms with Crippen molar-refractivity contribution in [1.29, 1.82) is 0 Å². The molecule has 1 aromatic rings. The van der Waals surface area contributed by atoms with Gasteiger partial charge in [0, 0.05) is 25.6 Å². The molecule has 2 aliphatic rings. The van der Waals surface area contributed by atoms with Crippen LogP contribution in [0, 0.1) is 5.92 Å². The Hall–Kier alpha value is -1.88. The maximum absolute atomic E-state index is 12.5. The summed E-state index contributed by atoms with van der Waals surface area (Å²) in [5.74, 6) is 0.0723. The fourth-order valence-electron chi connectivity index (χ4n) is 4.16. The molecule has 2 aliphatic heterocycles. The smallest absolute Gasteiger partial charge is 0.323 e. The van der Waals surface area contributed by atoms with Crippen LogP contribution in [0.1, 0.15) is 38.7 Å². The van der Waals surface area contributed by atoms with Gasteiger partial charge in [-0.05, 0) is 51.6 Å². The van der Waals surface area contributed by atoms with E-state index in [0.717, 1.165) is 38.8 Å². The number of aryl methyl sites for hydroxylation is 1. The average molecular weight is 343 g/mol. The number of likely N-dealkylation sites (N-methyl/N-ethyl adjacent to an activating group) is 1. The van der Waals surface area contributed by atoms with Crippen molar-refractivity contribution in [2.45, 2.75) is 51.1 Å². The molecule has 25 heavy (non-hydrogen) atoms. The fraction of sp³-hybridized carbons (Fsp3) is 0.600. The number of imide groups is 1. The molecule has 0 saturated carbocycles. The summed E-state index contributed by atoms with van der Waals surface area (Å²) in [6.45, 7) is 6.10. The molecular weight excluding hydrogens is 314 g/mol. The van der Waals surface area contributed by atoms with Gasteiger partial charge in [-0.3, -0.25) is 9.69 Å². The maximum Gasteiger partial charge on any atom is 0.324 e. The van der Waals surface area contributed by atoms with Crippen molar-refractivity contribution >= 4 is 11.9 Å². The Bertz CT molecular complexity index is 633. The second kappa shape index (κ2) is 7.16. The number of hydrogen-bond acceptors (Lipinski definition) is 3. The summed E-state index contributed by atoms with van der Waals surface area (Å²) in [5, 5.41) is 2.93. The third-order valence-electron chi connectivity index (χ3n) is 6.01. The van der Waals surface area contributed by atoms with Crippen LogP contribution in [0.3, 0.4) is 0 Å². The minimum atomic E-state index is -0.760. The van der Waals surface area contributed by atoms with Crippen LogP contribution in [0.15, 0.2) is 30.3 Å². The molecule has 2 fully saturated rings. The number of nitrogens with zero attached hydrogens (tertiary/aromatic N) is 2. The lowest BCUT2D eigenvalue weighted by Gasteiger charge is -2.42. The van der Waals surface area contributed by atoms with Gasteiger partial charge in [-0.15, -0.1) is 0 Å². The Balaban J connectivity index is 1.61. The number of urea groups is 1. The number of nitrogens with one attached hydrogen (secondary N) is 1. The van der Waals surface area contributed by atoms with Crippen molar-refractivity contribution in [3.05, 3.63) is 35.9 Å². The van der Waals surface area contributed by atoms with E-state index in [2.05, 4.69) is 41.4 Å². The van der Waals surface area contributed by atoms with E-state index in [-0.39, 0.29) is 17.9 Å². The SMILES string of the molecule is C[C@H](CCc1ccccc1)N1CCC[C@@H]([C@]2(C)NC(=O)N(C)C2=O)C1. The Morgan fingerprint density at radius 3 is 2.64 bits per heavy atom. The van der Waals surface area contributed by atoms with E-state index < -0.39 is 5.54 Å². The molecule has 3 amide bonds. The molecule has 0 unspecified atom stereocenters. The zero-order valence-electron chi connectivity index (χ0n) is 15.5. The van der Waals surface area contributed by atoms with E-state index in [0.29, 0.717) is 6.04 Å². The molecule has 5 nitrogen and oxygen atoms in total. The highest BCUT2D eigenvalue weighted by Crippen LogP contribution is 2.33. The number of hydrogen-bond donors (Lipinski definition) is 1. The van der Waals surface area contributed by atoms with Gasteiger partial charge in [0.2, 0.25) is 0 Å². The van der Waals surface area contributed by atoms with Gasteiger partial charge < -0.3 is 10.2 Å². The van der Waals surface area contributed by atoms with Gasteiger partial charge in [-0.1, -0.05) is 30.3 Å². The monoisotopic (exact) mass is 343 g/mol. The van der Waals surface area contributed by atoms with Gasteiger partial charge in [-0.2, -0.15) is 0 Å². The van der Waals surface area contributed by atoms with Gasteiger partial charge in [0.25, 0.3) is 5.91 Å². The van der Waals surface area contributed by atoms with Gasteiger partial charge in [0.05, 0.1) is 0 Å². The quantitative estimate of drug-likeness (QED) is 0.836. The molecule has 0 spiro atoms. The van der Waals surface area contributed by atoms with E-state index in [1.807, 2.05) is 13.0 Å². The maximum atomic E-state index is 12.5. The van der Waals surface area contributed by atoms with E-state index in [1.165, 1.54) is 10.5 Å². The lowest BCUT2D eigenvalue weighted by molar-refractivity contribution is -0.132. The lowest BCUT2D eigenvalue weighted by Crippen LogP contribution is -2.56. The highest BCUT2D eigenvalue weighted by Gasteiger charge is 2.51. The van der Waals surface area contributed by atoms with Crippen molar-refractivity contribution < 1.29 is 9.59 Å². The first-order valence-corrected chi connectivity index (χ1v) is 9.30. The van der Waals surface area contributed by atoms with Crippen LogP contribution in [0.4, 0.5) is 4.79 Å². The van der Waals surface area contributed by atoms with Crippen LogP contribution >= 0.6 is 0 Å². The lowest BCUT2D eigenvalue weighted by atomic mass is 9.79. The second-order valence-electron chi connectivity index (χ2n) is 7.70. The van der Waals surface area contributed by atoms with Gasteiger partial charge in [0.1, 0.15) is 5.54 Å². The summed E-state index contributed by atoms with van der Waals surface area (Å²) in [7, 11) is 1.56. The molecule has 0 bridgehead atoms. The minimum absolute atomic E-state index is 0.0960. The molecule has 0 radical (unpaired) electrons. The number of carbonyl (C=O) groups is 2. The zero-order valence-corrected chi connectivity index (χ0v) is 15.5. The molecule has 2 saturated heterocycles. The molecule has 1 N–H and O–H groups in total. The van der Waals surface area contributed by atoms with E-state index >= 15 is 0 Å². The minimum Gasteiger partial charge on any atom is -0.323 e. The molecule has 3 atom stereocenters. The second-order valence-corrected chi connectivity index (χ2v) is 7.70. The first kappa shape index (κ1) is 17.9. The van der Waals surface area contributed by atoms with Crippen molar-refractivity contribution in [2.75, 3.05) is 20.1 Å². The molecule has 136 valence electrons. The summed E-state index contributed by atoms with van der Waals surface area (Å²) < 4.78 is 0. The summed E-state index contributed by atoms with van der Waals surface area (Å²) >= 11 is 0. The van der Waals surface area contributed by atoms with Gasteiger partial charge in [0.15, 0.2) is 0 Å². The van der Waals surface area contributed by atoms with Crippen molar-refractivity contribution in [3.8, 4) is 0 Å². The van der Waals surface area contributed by atoms with Crippen LogP contribution in [0.2, 0.25) is 0 Å².